The summed E-state index contributed by atoms with van der Waals surface area (Å²) >= 11 is 6.26. The van der Waals surface area contributed by atoms with Crippen LogP contribution < -0.4 is 0 Å². The van der Waals surface area contributed by atoms with E-state index < -0.39 is 0 Å². The van der Waals surface area contributed by atoms with Gasteiger partial charge in [0.25, 0.3) is 0 Å². The van der Waals surface area contributed by atoms with Gasteiger partial charge in [-0.2, -0.15) is 0 Å². The predicted octanol–water partition coefficient (Wildman–Crippen LogP) is 3.89. The smallest absolute Gasteiger partial charge is 0.0999 e. The van der Waals surface area contributed by atoms with E-state index in [9.17, 15) is 0 Å². The van der Waals surface area contributed by atoms with E-state index in [0.717, 1.165) is 18.1 Å². The highest BCUT2D eigenvalue weighted by molar-refractivity contribution is 6.31. The van der Waals surface area contributed by atoms with Gasteiger partial charge in [0.2, 0.25) is 0 Å². The highest BCUT2D eigenvalue weighted by Crippen LogP contribution is 2.32. The predicted molar refractivity (Wildman–Crippen MR) is 73.9 cm³/mol. The first-order chi connectivity index (χ1) is 7.74. The Bertz CT molecular complexity index is 359. The largest absolute Gasteiger partial charge is 0.364 e. The van der Waals surface area contributed by atoms with Gasteiger partial charge in [0, 0.05) is 17.1 Å². The van der Waals surface area contributed by atoms with Crippen molar-refractivity contribution in [1.82, 2.24) is 4.90 Å². The van der Waals surface area contributed by atoms with Gasteiger partial charge in [-0.3, -0.25) is 4.90 Å². The van der Waals surface area contributed by atoms with Crippen molar-refractivity contribution in [3.63, 3.8) is 0 Å². The van der Waals surface area contributed by atoms with Crippen molar-refractivity contribution < 1.29 is 4.74 Å². The fourth-order valence-electron chi connectivity index (χ4n) is 2.33. The van der Waals surface area contributed by atoms with E-state index in [4.69, 9.17) is 16.3 Å². The molecule has 4 heteroatoms. The summed E-state index contributed by atoms with van der Waals surface area (Å²) in [4.78, 5) is 2.38. The van der Waals surface area contributed by atoms with Crippen molar-refractivity contribution in [3.8, 4) is 0 Å². The molecular formula is C13H19Cl2NO. The minimum absolute atomic E-state index is 0. The van der Waals surface area contributed by atoms with Crippen LogP contribution in [-0.2, 0) is 4.74 Å². The van der Waals surface area contributed by atoms with E-state index in [1.54, 1.807) is 0 Å². The first kappa shape index (κ1) is 14.8. The number of nitrogens with zero attached hydrogens (tertiary/aromatic N) is 1. The average Bonchev–Trinajstić information content (AvgIpc) is 2.69. The van der Waals surface area contributed by atoms with E-state index in [0.29, 0.717) is 18.8 Å². The summed E-state index contributed by atoms with van der Waals surface area (Å²) in [6.45, 7) is 5.93. The highest BCUT2D eigenvalue weighted by atomic mass is 35.5. The van der Waals surface area contributed by atoms with Crippen LogP contribution in [0, 0.1) is 0 Å². The van der Waals surface area contributed by atoms with E-state index in [2.05, 4.69) is 24.8 Å². The molecule has 2 rings (SSSR count). The van der Waals surface area contributed by atoms with Crippen molar-refractivity contribution in [2.75, 3.05) is 13.3 Å². The minimum Gasteiger partial charge on any atom is -0.364 e. The molecule has 0 aliphatic carbocycles. The number of benzene rings is 1. The molecule has 0 bridgehead atoms. The second kappa shape index (κ2) is 6.60. The summed E-state index contributed by atoms with van der Waals surface area (Å²) in [5.74, 6) is 0. The lowest BCUT2D eigenvalue weighted by molar-refractivity contribution is 0.105. The van der Waals surface area contributed by atoms with Crippen LogP contribution >= 0.6 is 24.0 Å². The first-order valence-corrected chi connectivity index (χ1v) is 6.19. The molecule has 0 aromatic heterocycles. The normalized spacial score (nSPS) is 22.2. The first-order valence-electron chi connectivity index (χ1n) is 5.82. The van der Waals surface area contributed by atoms with E-state index in [1.165, 1.54) is 5.56 Å². The second-order valence-electron chi connectivity index (χ2n) is 4.31. The maximum atomic E-state index is 6.26. The maximum absolute atomic E-state index is 6.26. The van der Waals surface area contributed by atoms with Gasteiger partial charge >= 0.3 is 0 Å². The van der Waals surface area contributed by atoms with Crippen LogP contribution in [0.1, 0.15) is 31.9 Å². The Labute approximate surface area is 114 Å². The molecule has 0 N–H and O–H groups in total. The third-order valence-corrected chi connectivity index (χ3v) is 3.56. The molecule has 0 saturated carbocycles. The molecule has 1 aliphatic heterocycles. The standard InChI is InChI=1S/C13H18ClNO.ClH/c1-3-13(15-9-16-8-10(15)2)11-6-4-5-7-12(11)14;/h4-7,10,13H,3,8-9H2,1-2H3;1H. The third-order valence-electron chi connectivity index (χ3n) is 3.22. The van der Waals surface area contributed by atoms with Crippen LogP contribution in [0.4, 0.5) is 0 Å². The second-order valence-corrected chi connectivity index (χ2v) is 4.72. The molecule has 17 heavy (non-hydrogen) atoms. The number of halogens is 2. The lowest BCUT2D eigenvalue weighted by Gasteiger charge is -2.29. The molecule has 0 amide bonds. The van der Waals surface area contributed by atoms with Crippen LogP contribution in [0.25, 0.3) is 0 Å². The fraction of sp³-hybridized carbons (Fsp3) is 0.538. The molecule has 0 spiro atoms. The lowest BCUT2D eigenvalue weighted by atomic mass is 10.0. The zero-order valence-electron chi connectivity index (χ0n) is 10.2. The molecule has 0 radical (unpaired) electrons. The summed E-state index contributed by atoms with van der Waals surface area (Å²) in [5, 5.41) is 0.855. The maximum Gasteiger partial charge on any atom is 0.0999 e. The monoisotopic (exact) mass is 275 g/mol. The molecule has 2 nitrogen and oxygen atoms in total. The number of hydrogen-bond donors (Lipinski definition) is 0. The molecule has 2 unspecified atom stereocenters. The zero-order valence-corrected chi connectivity index (χ0v) is 11.8. The van der Waals surface area contributed by atoms with Gasteiger partial charge in [0.05, 0.1) is 13.3 Å². The van der Waals surface area contributed by atoms with E-state index >= 15 is 0 Å². The van der Waals surface area contributed by atoms with Crippen LogP contribution in [0.3, 0.4) is 0 Å². The van der Waals surface area contributed by atoms with Gasteiger partial charge < -0.3 is 4.74 Å². The lowest BCUT2D eigenvalue weighted by Crippen LogP contribution is -2.32. The van der Waals surface area contributed by atoms with Crippen molar-refractivity contribution in [2.45, 2.75) is 32.4 Å². The Kier molecular flexibility index (Phi) is 5.74. The SMILES string of the molecule is CCC(c1ccccc1Cl)N1COCC1C.Cl. The molecule has 1 heterocycles. The third kappa shape index (κ3) is 3.14. The molecule has 1 aliphatic rings. The summed E-state index contributed by atoms with van der Waals surface area (Å²) < 4.78 is 5.50. The zero-order chi connectivity index (χ0) is 11.5. The van der Waals surface area contributed by atoms with Crippen molar-refractivity contribution in [1.29, 1.82) is 0 Å². The van der Waals surface area contributed by atoms with Gasteiger partial charge in [0.15, 0.2) is 0 Å². The van der Waals surface area contributed by atoms with Gasteiger partial charge in [0.1, 0.15) is 0 Å². The van der Waals surface area contributed by atoms with Crippen LogP contribution in [0.15, 0.2) is 24.3 Å². The summed E-state index contributed by atoms with van der Waals surface area (Å²) in [6, 6.07) is 8.93. The van der Waals surface area contributed by atoms with Crippen molar-refractivity contribution in [2.24, 2.45) is 0 Å². The molecule has 1 fully saturated rings. The van der Waals surface area contributed by atoms with E-state index in [-0.39, 0.29) is 12.4 Å². The van der Waals surface area contributed by atoms with E-state index in [1.807, 2.05) is 18.2 Å². The molecule has 1 saturated heterocycles. The Morgan fingerprint density at radius 2 is 2.18 bits per heavy atom. The Morgan fingerprint density at radius 3 is 2.71 bits per heavy atom. The molecule has 1 aromatic carbocycles. The van der Waals surface area contributed by atoms with Crippen LogP contribution in [0.2, 0.25) is 5.02 Å². The quantitative estimate of drug-likeness (QED) is 0.830. The molecule has 96 valence electrons. The number of hydrogen-bond acceptors (Lipinski definition) is 2. The Hall–Kier alpha value is -0.280. The van der Waals surface area contributed by atoms with Gasteiger partial charge in [-0.15, -0.1) is 12.4 Å². The van der Waals surface area contributed by atoms with Gasteiger partial charge in [-0.05, 0) is 25.0 Å². The van der Waals surface area contributed by atoms with Gasteiger partial charge in [-0.25, -0.2) is 0 Å². The highest BCUT2D eigenvalue weighted by Gasteiger charge is 2.29. The number of ether oxygens (including phenoxy) is 1. The summed E-state index contributed by atoms with van der Waals surface area (Å²) in [7, 11) is 0. The molecule has 1 aromatic rings. The molecule has 2 atom stereocenters. The Morgan fingerprint density at radius 1 is 1.47 bits per heavy atom. The number of rotatable bonds is 3. The van der Waals surface area contributed by atoms with Crippen molar-refractivity contribution in [3.05, 3.63) is 34.9 Å². The fourth-order valence-corrected chi connectivity index (χ4v) is 2.59. The Balaban J connectivity index is 0.00000144. The van der Waals surface area contributed by atoms with Crippen molar-refractivity contribution >= 4 is 24.0 Å². The van der Waals surface area contributed by atoms with Crippen LogP contribution in [0.5, 0.6) is 0 Å². The van der Waals surface area contributed by atoms with Gasteiger partial charge in [-0.1, -0.05) is 36.7 Å². The average molecular weight is 276 g/mol. The van der Waals surface area contributed by atoms with Crippen LogP contribution in [-0.4, -0.2) is 24.3 Å². The topological polar surface area (TPSA) is 12.5 Å². The minimum atomic E-state index is 0. The molecular weight excluding hydrogens is 257 g/mol. The summed E-state index contributed by atoms with van der Waals surface area (Å²) in [6.07, 6.45) is 1.05. The summed E-state index contributed by atoms with van der Waals surface area (Å²) in [5.41, 5.74) is 1.21.